The molecule has 2 N–H and O–H groups in total. The molecule has 0 aliphatic carbocycles. The summed E-state index contributed by atoms with van der Waals surface area (Å²) in [5, 5.41) is 36.4. The summed E-state index contributed by atoms with van der Waals surface area (Å²) in [5.41, 5.74) is -0.164. The zero-order valence-electron chi connectivity index (χ0n) is 32.5. The second-order valence-electron chi connectivity index (χ2n) is 12.3. The van der Waals surface area contributed by atoms with E-state index in [0.29, 0.717) is 22.7 Å². The number of carbonyl (C=O) groups is 1. The number of amides is 1. The Morgan fingerprint density at radius 1 is 0.694 bits per heavy atom. The number of phenolic OH excluding ortho intramolecular Hbond substituents is 2. The predicted octanol–water partition coefficient (Wildman–Crippen LogP) is -2.37. The fourth-order valence-electron chi connectivity index (χ4n) is 5.50. The van der Waals surface area contributed by atoms with Crippen LogP contribution < -0.4 is 88.7 Å². The van der Waals surface area contributed by atoms with Gasteiger partial charge in [0.15, 0.2) is 16.1 Å². The van der Waals surface area contributed by atoms with Crippen LogP contribution in [0.1, 0.15) is 21.5 Å². The number of halogens is 2. The molecule has 0 unspecified atom stereocenters. The summed E-state index contributed by atoms with van der Waals surface area (Å²) in [4.78, 5) is 20.2. The van der Waals surface area contributed by atoms with Crippen LogP contribution in [0, 0.1) is 6.92 Å². The van der Waals surface area contributed by atoms with Crippen LogP contribution in [-0.2, 0) is 54.0 Å². The number of nitrogens with zero attached hydrogens (tertiary/aromatic N) is 7. The van der Waals surface area contributed by atoms with Crippen molar-refractivity contribution in [3.63, 3.8) is 0 Å². The molecule has 1 amide bonds. The zero-order valence-corrected chi connectivity index (χ0v) is 43.4. The molecule has 6 aromatic rings. The van der Waals surface area contributed by atoms with Crippen molar-refractivity contribution in [2.24, 2.45) is 20.5 Å². The number of carbonyl (C=O) groups excluding carboxylic acids is 1. The van der Waals surface area contributed by atoms with E-state index in [2.05, 4.69) is 30.4 Å². The predicted molar refractivity (Wildman–Crippen MR) is 202 cm³/mol. The van der Waals surface area contributed by atoms with E-state index < -0.39 is 73.8 Å². The standard InChI is InChI=1S/C34H25Cl2N7O12S3.Cu.3Na/c1-16-9-25(40-42-30-29(58(53,54)55)13-19-11-20(56(47,48)49)5-6-21(19)31(30)45)27(44)14-23(16)39-41-26-10-17(3-8-28(26)57(50,51)52)15-43(2)34(46)18-4-7-22-24(12-18)38-33(36)32(35)37-22;;;;/h3-14,44-45H,15H2,1-2H3,(H,47,48,49)(H,50,51,52)(H,53,54,55);;;;/q;;3*+1/p-3. The number of azo groups is 2. The van der Waals surface area contributed by atoms with Crippen LogP contribution >= 0.6 is 23.2 Å². The number of aryl methyl sites for hydroxylation is 1. The van der Waals surface area contributed by atoms with Gasteiger partial charge in [-0.15, -0.1) is 15.3 Å². The third kappa shape index (κ3) is 12.8. The molecule has 0 bridgehead atoms. The molecule has 311 valence electrons. The second kappa shape index (κ2) is 21.9. The molecule has 0 atom stereocenters. The van der Waals surface area contributed by atoms with E-state index >= 15 is 0 Å². The van der Waals surface area contributed by atoms with Crippen molar-refractivity contribution in [1.82, 2.24) is 14.9 Å². The molecule has 0 fully saturated rings. The number of phenols is 2. The fourth-order valence-corrected chi connectivity index (χ4v) is 7.51. The van der Waals surface area contributed by atoms with Crippen molar-refractivity contribution < 1.29 is 160 Å². The number of fused-ring (bicyclic) bond motifs is 2. The van der Waals surface area contributed by atoms with Gasteiger partial charge in [0.1, 0.15) is 53.2 Å². The summed E-state index contributed by atoms with van der Waals surface area (Å²) < 4.78 is 107. The Morgan fingerprint density at radius 3 is 1.90 bits per heavy atom. The van der Waals surface area contributed by atoms with Crippen LogP contribution in [0.15, 0.2) is 108 Å². The van der Waals surface area contributed by atoms with Gasteiger partial charge in [-0.05, 0) is 84.1 Å². The summed E-state index contributed by atoms with van der Waals surface area (Å²) in [6, 6.07) is 13.5. The maximum Gasteiger partial charge on any atom is 1.00 e. The summed E-state index contributed by atoms with van der Waals surface area (Å²) >= 11 is 11.9. The first-order valence-corrected chi connectivity index (χ1v) is 20.8. The molecule has 5 aromatic carbocycles. The van der Waals surface area contributed by atoms with Crippen LogP contribution in [0.25, 0.3) is 21.8 Å². The summed E-state index contributed by atoms with van der Waals surface area (Å²) in [6.07, 6.45) is 0. The van der Waals surface area contributed by atoms with Crippen molar-refractivity contribution in [3.05, 3.63) is 99.8 Å². The van der Waals surface area contributed by atoms with Gasteiger partial charge in [0.25, 0.3) is 5.91 Å². The van der Waals surface area contributed by atoms with E-state index in [1.165, 1.54) is 55.3 Å². The molecule has 1 aromatic heterocycles. The van der Waals surface area contributed by atoms with Crippen molar-refractivity contribution in [2.45, 2.75) is 28.2 Å². The minimum Gasteiger partial charge on any atom is -0.744 e. The normalized spacial score (nSPS) is 11.8. The number of aromatic hydroxyl groups is 2. The number of benzene rings is 5. The first-order chi connectivity index (χ1) is 27.0. The molecule has 1 heterocycles. The molecule has 19 nitrogen and oxygen atoms in total. The van der Waals surface area contributed by atoms with Gasteiger partial charge in [0.2, 0.25) is 0 Å². The average Bonchev–Trinajstić information content (AvgIpc) is 3.13. The zero-order chi connectivity index (χ0) is 42.5. The minimum atomic E-state index is -5.39. The SMILES string of the molecule is Cc1cc(N=Nc2c(S(=O)(=O)[O-])cc3cc(S(=O)(=O)[O-])ccc3c2O)c(O)cc1N=Nc1cc(CN(C)C(=O)c2ccc3nc(Cl)c(Cl)nc3c2)ccc1S(=O)(=O)[O-].[Cu].[Na+].[Na+].[Na+]. The van der Waals surface area contributed by atoms with Gasteiger partial charge >= 0.3 is 88.7 Å². The van der Waals surface area contributed by atoms with Crippen LogP contribution in [0.4, 0.5) is 22.7 Å². The van der Waals surface area contributed by atoms with Gasteiger partial charge < -0.3 is 28.8 Å². The smallest absolute Gasteiger partial charge is 0.744 e. The maximum absolute atomic E-state index is 13.3. The number of hydrogen-bond donors (Lipinski definition) is 2. The summed E-state index contributed by atoms with van der Waals surface area (Å²) in [5.74, 6) is -2.01. The fraction of sp³-hybridized carbons (Fsp3) is 0.0882. The van der Waals surface area contributed by atoms with Crippen LogP contribution in [0.5, 0.6) is 11.5 Å². The molecule has 6 rings (SSSR count). The molecular weight excluding hydrogens is 998 g/mol. The van der Waals surface area contributed by atoms with E-state index in [-0.39, 0.29) is 156 Å². The largest absolute Gasteiger partial charge is 1.00 e. The average molecular weight is 1020 g/mol. The van der Waals surface area contributed by atoms with Gasteiger partial charge in [-0.3, -0.25) is 4.79 Å². The molecule has 0 saturated carbocycles. The number of aromatic nitrogens is 2. The molecular formula is C34H22Cl2CuN7Na3O12S3. The Morgan fingerprint density at radius 2 is 1.29 bits per heavy atom. The van der Waals surface area contributed by atoms with Gasteiger partial charge in [0.05, 0.1) is 31.4 Å². The van der Waals surface area contributed by atoms with Gasteiger partial charge in [0, 0.05) is 47.7 Å². The molecule has 28 heteroatoms. The van der Waals surface area contributed by atoms with E-state index in [1.54, 1.807) is 0 Å². The van der Waals surface area contributed by atoms with Crippen molar-refractivity contribution in [2.75, 3.05) is 7.05 Å². The van der Waals surface area contributed by atoms with E-state index in [9.17, 15) is 53.9 Å². The minimum absolute atomic E-state index is 0. The van der Waals surface area contributed by atoms with Crippen LogP contribution in [-0.4, -0.2) is 76.9 Å². The van der Waals surface area contributed by atoms with Gasteiger partial charge in [-0.1, -0.05) is 29.3 Å². The topological polar surface area (TPSA) is 308 Å². The third-order valence-corrected chi connectivity index (χ3v) is 11.5. The van der Waals surface area contributed by atoms with Crippen LogP contribution in [0.2, 0.25) is 10.3 Å². The molecule has 62 heavy (non-hydrogen) atoms. The maximum atomic E-state index is 13.3. The molecule has 0 aliphatic rings. The Balaban J connectivity index is 0.00000331. The van der Waals surface area contributed by atoms with E-state index in [1.807, 2.05) is 0 Å². The van der Waals surface area contributed by atoms with Crippen molar-refractivity contribution in [3.8, 4) is 11.5 Å². The van der Waals surface area contributed by atoms with Crippen molar-refractivity contribution >= 4 is 104 Å². The van der Waals surface area contributed by atoms with Crippen LogP contribution in [0.3, 0.4) is 0 Å². The molecule has 1 radical (unpaired) electrons. The number of rotatable bonds is 10. The molecule has 0 saturated heterocycles. The van der Waals surface area contributed by atoms with E-state index in [0.717, 1.165) is 30.3 Å². The Kier molecular flexibility index (Phi) is 19.7. The first-order valence-electron chi connectivity index (χ1n) is 15.9. The van der Waals surface area contributed by atoms with E-state index in [4.69, 9.17) is 23.2 Å². The monoisotopic (exact) mass is 1020 g/mol. The first kappa shape index (κ1) is 55.9. The van der Waals surface area contributed by atoms with Gasteiger partial charge in [-0.2, -0.15) is 5.11 Å². The quantitative estimate of drug-likeness (QED) is 0.0824. The third-order valence-electron chi connectivity index (χ3n) is 8.29. The van der Waals surface area contributed by atoms with Crippen molar-refractivity contribution in [1.29, 1.82) is 0 Å². The van der Waals surface area contributed by atoms with Gasteiger partial charge in [-0.25, -0.2) is 35.2 Å². The Hall–Kier alpha value is -2.20. The molecule has 0 spiro atoms. The number of hydrogen-bond acceptors (Lipinski definition) is 18. The Bertz CT molecular complexity index is 3160. The summed E-state index contributed by atoms with van der Waals surface area (Å²) in [7, 11) is -14.0. The second-order valence-corrected chi connectivity index (χ2v) is 17.1. The summed E-state index contributed by atoms with van der Waals surface area (Å²) in [6.45, 7) is 1.37. The Labute approximate surface area is 440 Å². The molecule has 0 aliphatic heterocycles.